The lowest BCUT2D eigenvalue weighted by Crippen LogP contribution is -2.11. The molecule has 0 aliphatic rings. The topological polar surface area (TPSA) is 89.6 Å². The van der Waals surface area contributed by atoms with Gasteiger partial charge in [0.05, 0.1) is 12.7 Å². The highest BCUT2D eigenvalue weighted by Crippen LogP contribution is 2.02. The van der Waals surface area contributed by atoms with Gasteiger partial charge in [0.2, 0.25) is 0 Å². The largest absolute Gasteiger partial charge is 0.329 e. The van der Waals surface area contributed by atoms with E-state index in [2.05, 4.69) is 15.0 Å². The Morgan fingerprint density at radius 3 is 3.15 bits per heavy atom. The third-order valence-corrected chi connectivity index (χ3v) is 1.78. The molecule has 2 rings (SSSR count). The second kappa shape index (κ2) is 2.98. The Labute approximate surface area is 73.4 Å². The van der Waals surface area contributed by atoms with Crippen molar-refractivity contribution in [2.24, 2.45) is 5.73 Å². The van der Waals surface area contributed by atoms with Crippen molar-refractivity contribution in [1.82, 2.24) is 19.5 Å². The molecule has 0 amide bonds. The summed E-state index contributed by atoms with van der Waals surface area (Å²) >= 11 is 0. The van der Waals surface area contributed by atoms with Crippen LogP contribution in [-0.2, 0) is 6.54 Å². The van der Waals surface area contributed by atoms with Crippen molar-refractivity contribution in [3.05, 3.63) is 23.0 Å². The fourth-order valence-corrected chi connectivity index (χ4v) is 1.19. The molecule has 0 unspecified atom stereocenters. The van der Waals surface area contributed by atoms with E-state index in [1.54, 1.807) is 10.9 Å². The number of H-pyrrole nitrogens is 1. The Bertz CT molecular complexity index is 471. The van der Waals surface area contributed by atoms with Gasteiger partial charge in [-0.3, -0.25) is 4.79 Å². The first kappa shape index (κ1) is 7.93. The predicted molar refractivity (Wildman–Crippen MR) is 47.2 cm³/mol. The van der Waals surface area contributed by atoms with Gasteiger partial charge in [0.1, 0.15) is 0 Å². The quantitative estimate of drug-likeness (QED) is 0.623. The maximum atomic E-state index is 11.2. The molecule has 0 saturated heterocycles. The van der Waals surface area contributed by atoms with Gasteiger partial charge in [-0.25, -0.2) is 9.97 Å². The summed E-state index contributed by atoms with van der Waals surface area (Å²) in [4.78, 5) is 21.6. The molecule has 0 aliphatic heterocycles. The van der Waals surface area contributed by atoms with E-state index in [9.17, 15) is 4.79 Å². The van der Waals surface area contributed by atoms with Crippen molar-refractivity contribution in [2.75, 3.05) is 6.54 Å². The lowest BCUT2D eigenvalue weighted by atomic mass is 10.5. The van der Waals surface area contributed by atoms with Gasteiger partial charge < -0.3 is 15.3 Å². The van der Waals surface area contributed by atoms with Crippen LogP contribution in [-0.4, -0.2) is 26.1 Å². The van der Waals surface area contributed by atoms with Crippen LogP contribution in [0, 0.1) is 0 Å². The number of hydrogen-bond acceptors (Lipinski definition) is 4. The summed E-state index contributed by atoms with van der Waals surface area (Å²) in [5.41, 5.74) is 6.10. The van der Waals surface area contributed by atoms with Gasteiger partial charge in [-0.15, -0.1) is 0 Å². The predicted octanol–water partition coefficient (Wildman–Crippen LogP) is -0.922. The van der Waals surface area contributed by atoms with Crippen molar-refractivity contribution in [1.29, 1.82) is 0 Å². The molecule has 68 valence electrons. The molecule has 0 radical (unpaired) electrons. The van der Waals surface area contributed by atoms with Crippen molar-refractivity contribution >= 4 is 11.2 Å². The molecular formula is C7H9N5O. The van der Waals surface area contributed by atoms with E-state index >= 15 is 0 Å². The minimum atomic E-state index is -0.222. The minimum Gasteiger partial charge on any atom is -0.329 e. The normalized spacial score (nSPS) is 10.8. The van der Waals surface area contributed by atoms with Crippen molar-refractivity contribution in [3.63, 3.8) is 0 Å². The van der Waals surface area contributed by atoms with Gasteiger partial charge in [0, 0.05) is 13.1 Å². The van der Waals surface area contributed by atoms with Crippen LogP contribution < -0.4 is 11.3 Å². The van der Waals surface area contributed by atoms with Crippen molar-refractivity contribution in [3.8, 4) is 0 Å². The first-order valence-corrected chi connectivity index (χ1v) is 3.91. The molecule has 0 atom stereocenters. The SMILES string of the molecule is NCCn1cnc2c(=O)[nH]cnc21. The lowest BCUT2D eigenvalue weighted by Gasteiger charge is -1.98. The van der Waals surface area contributed by atoms with E-state index < -0.39 is 0 Å². The molecule has 0 aliphatic carbocycles. The Morgan fingerprint density at radius 2 is 2.38 bits per heavy atom. The Hall–Kier alpha value is -1.69. The number of rotatable bonds is 2. The fourth-order valence-electron chi connectivity index (χ4n) is 1.19. The molecule has 0 fully saturated rings. The van der Waals surface area contributed by atoms with E-state index in [-0.39, 0.29) is 5.56 Å². The number of aromatic amines is 1. The Morgan fingerprint density at radius 1 is 1.54 bits per heavy atom. The van der Waals surface area contributed by atoms with Crippen LogP contribution in [0.4, 0.5) is 0 Å². The van der Waals surface area contributed by atoms with Crippen LogP contribution in [0.2, 0.25) is 0 Å². The van der Waals surface area contributed by atoms with Crippen LogP contribution in [0.1, 0.15) is 0 Å². The molecule has 3 N–H and O–H groups in total. The minimum absolute atomic E-state index is 0.222. The highest BCUT2D eigenvalue weighted by atomic mass is 16.1. The van der Waals surface area contributed by atoms with Gasteiger partial charge in [-0.2, -0.15) is 0 Å². The number of imidazole rings is 1. The summed E-state index contributed by atoms with van der Waals surface area (Å²) in [5.74, 6) is 0. The first-order valence-electron chi connectivity index (χ1n) is 3.91. The summed E-state index contributed by atoms with van der Waals surface area (Å²) in [6.07, 6.45) is 2.93. The Kier molecular flexibility index (Phi) is 1.82. The summed E-state index contributed by atoms with van der Waals surface area (Å²) in [6, 6.07) is 0. The molecule has 0 aromatic carbocycles. The Balaban J connectivity index is 2.68. The van der Waals surface area contributed by atoms with Gasteiger partial charge in [-0.1, -0.05) is 0 Å². The molecule has 13 heavy (non-hydrogen) atoms. The fraction of sp³-hybridized carbons (Fsp3) is 0.286. The number of nitrogens with one attached hydrogen (secondary N) is 1. The number of aromatic nitrogens is 4. The van der Waals surface area contributed by atoms with Gasteiger partial charge in [0.25, 0.3) is 5.56 Å². The summed E-state index contributed by atoms with van der Waals surface area (Å²) < 4.78 is 1.75. The standard InChI is InChI=1S/C7H9N5O/c8-1-2-12-4-11-5-6(12)9-3-10-7(5)13/h3-4H,1-2,8H2,(H,9,10,13). The maximum absolute atomic E-state index is 11.2. The zero-order chi connectivity index (χ0) is 9.26. The van der Waals surface area contributed by atoms with E-state index in [1.807, 2.05) is 0 Å². The van der Waals surface area contributed by atoms with Crippen molar-refractivity contribution in [2.45, 2.75) is 6.54 Å². The molecular weight excluding hydrogens is 170 g/mol. The van der Waals surface area contributed by atoms with Crippen LogP contribution >= 0.6 is 0 Å². The molecule has 6 nitrogen and oxygen atoms in total. The second-order valence-electron chi connectivity index (χ2n) is 2.63. The number of fused-ring (bicyclic) bond motifs is 1. The van der Waals surface area contributed by atoms with E-state index in [4.69, 9.17) is 5.73 Å². The molecule has 0 spiro atoms. The molecule has 2 aromatic heterocycles. The highest BCUT2D eigenvalue weighted by Gasteiger charge is 2.05. The van der Waals surface area contributed by atoms with Crippen LogP contribution in [0.5, 0.6) is 0 Å². The number of nitrogens with zero attached hydrogens (tertiary/aromatic N) is 3. The van der Waals surface area contributed by atoms with Crippen molar-refractivity contribution < 1.29 is 0 Å². The van der Waals surface area contributed by atoms with Crippen LogP contribution in [0.3, 0.4) is 0 Å². The van der Waals surface area contributed by atoms with Crippen LogP contribution in [0.25, 0.3) is 11.2 Å². The molecule has 0 bridgehead atoms. The zero-order valence-corrected chi connectivity index (χ0v) is 6.90. The molecule has 6 heteroatoms. The average Bonchev–Trinajstić information content (AvgIpc) is 2.51. The highest BCUT2D eigenvalue weighted by molar-refractivity contribution is 5.68. The van der Waals surface area contributed by atoms with Gasteiger partial charge >= 0.3 is 0 Å². The molecule has 0 saturated carbocycles. The monoisotopic (exact) mass is 179 g/mol. The smallest absolute Gasteiger partial charge is 0.278 e. The van der Waals surface area contributed by atoms with Gasteiger partial charge in [-0.05, 0) is 0 Å². The second-order valence-corrected chi connectivity index (χ2v) is 2.63. The van der Waals surface area contributed by atoms with E-state index in [0.29, 0.717) is 24.3 Å². The van der Waals surface area contributed by atoms with E-state index in [0.717, 1.165) is 0 Å². The molecule has 2 heterocycles. The van der Waals surface area contributed by atoms with E-state index in [1.165, 1.54) is 6.33 Å². The van der Waals surface area contributed by atoms with Crippen LogP contribution in [0.15, 0.2) is 17.4 Å². The summed E-state index contributed by atoms with van der Waals surface area (Å²) in [5, 5.41) is 0. The average molecular weight is 179 g/mol. The third-order valence-electron chi connectivity index (χ3n) is 1.78. The summed E-state index contributed by atoms with van der Waals surface area (Å²) in [6.45, 7) is 1.12. The number of nitrogens with two attached hydrogens (primary N) is 1. The lowest BCUT2D eigenvalue weighted by molar-refractivity contribution is 0.721. The zero-order valence-electron chi connectivity index (χ0n) is 6.90. The first-order chi connectivity index (χ1) is 6.33. The molecule has 2 aromatic rings. The maximum Gasteiger partial charge on any atom is 0.278 e. The summed E-state index contributed by atoms with van der Waals surface area (Å²) in [7, 11) is 0. The van der Waals surface area contributed by atoms with Gasteiger partial charge in [0.15, 0.2) is 11.2 Å². The third kappa shape index (κ3) is 1.20. The number of hydrogen-bond donors (Lipinski definition) is 2.